The van der Waals surface area contributed by atoms with Crippen molar-refractivity contribution in [1.82, 2.24) is 5.32 Å². The Hall–Kier alpha value is -0.120. The summed E-state index contributed by atoms with van der Waals surface area (Å²) in [6.07, 6.45) is 5.12. The van der Waals surface area contributed by atoms with Gasteiger partial charge in [-0.1, -0.05) is 0 Å². The zero-order valence-corrected chi connectivity index (χ0v) is 10.8. The summed E-state index contributed by atoms with van der Waals surface area (Å²) in [4.78, 5) is 0. The van der Waals surface area contributed by atoms with Gasteiger partial charge in [-0.2, -0.15) is 0 Å². The molecule has 2 fully saturated rings. The van der Waals surface area contributed by atoms with Gasteiger partial charge in [-0.3, -0.25) is 0 Å². The average molecular weight is 227 g/mol. The van der Waals surface area contributed by atoms with Crippen molar-refractivity contribution >= 4 is 0 Å². The first kappa shape index (κ1) is 12.3. The van der Waals surface area contributed by atoms with Crippen LogP contribution in [-0.2, 0) is 9.47 Å². The van der Waals surface area contributed by atoms with Crippen LogP contribution < -0.4 is 5.32 Å². The number of hydrogen-bond acceptors (Lipinski definition) is 3. The highest BCUT2D eigenvalue weighted by Crippen LogP contribution is 2.34. The van der Waals surface area contributed by atoms with Gasteiger partial charge < -0.3 is 14.8 Å². The van der Waals surface area contributed by atoms with Crippen LogP contribution in [0.4, 0.5) is 0 Å². The Morgan fingerprint density at radius 2 is 2.12 bits per heavy atom. The second-order valence-electron chi connectivity index (χ2n) is 5.79. The van der Waals surface area contributed by atoms with E-state index in [0.717, 1.165) is 26.1 Å². The van der Waals surface area contributed by atoms with E-state index < -0.39 is 0 Å². The number of ether oxygens (including phenoxy) is 2. The third kappa shape index (κ3) is 2.96. The molecule has 1 N–H and O–H groups in total. The Morgan fingerprint density at radius 1 is 1.31 bits per heavy atom. The monoisotopic (exact) mass is 227 g/mol. The Labute approximate surface area is 98.9 Å². The largest absolute Gasteiger partial charge is 0.381 e. The van der Waals surface area contributed by atoms with Crippen LogP contribution in [0.5, 0.6) is 0 Å². The molecule has 3 nitrogen and oxygen atoms in total. The van der Waals surface area contributed by atoms with Crippen LogP contribution in [0.3, 0.4) is 0 Å². The van der Waals surface area contributed by atoms with Gasteiger partial charge in [0.05, 0.1) is 18.3 Å². The van der Waals surface area contributed by atoms with Gasteiger partial charge in [0.25, 0.3) is 0 Å². The Morgan fingerprint density at radius 3 is 2.75 bits per heavy atom. The molecule has 0 amide bonds. The van der Waals surface area contributed by atoms with E-state index in [1.807, 2.05) is 0 Å². The van der Waals surface area contributed by atoms with E-state index in [9.17, 15) is 0 Å². The van der Waals surface area contributed by atoms with Gasteiger partial charge in [-0.15, -0.1) is 0 Å². The highest BCUT2D eigenvalue weighted by molar-refractivity contribution is 4.86. The molecule has 2 heterocycles. The average Bonchev–Trinajstić information content (AvgIpc) is 2.59. The van der Waals surface area contributed by atoms with Crippen LogP contribution in [0.2, 0.25) is 0 Å². The summed E-state index contributed by atoms with van der Waals surface area (Å²) in [5.41, 5.74) is 0.0926. The summed E-state index contributed by atoms with van der Waals surface area (Å²) in [7, 11) is 2.06. The van der Waals surface area contributed by atoms with Gasteiger partial charge >= 0.3 is 0 Å². The van der Waals surface area contributed by atoms with Gasteiger partial charge in [-0.25, -0.2) is 0 Å². The fourth-order valence-electron chi connectivity index (χ4n) is 2.99. The second-order valence-corrected chi connectivity index (χ2v) is 5.79. The lowest BCUT2D eigenvalue weighted by Crippen LogP contribution is -2.42. The Kier molecular flexibility index (Phi) is 3.88. The molecule has 2 rings (SSSR count). The SMILES string of the molecule is CNC1CCOCC1CC1CCC(C)(C)O1. The van der Waals surface area contributed by atoms with Crippen molar-refractivity contribution in [1.29, 1.82) is 0 Å². The maximum absolute atomic E-state index is 6.06. The zero-order chi connectivity index (χ0) is 11.6. The van der Waals surface area contributed by atoms with Crippen LogP contribution in [0.15, 0.2) is 0 Å². The van der Waals surface area contributed by atoms with E-state index in [1.54, 1.807) is 0 Å². The molecular weight excluding hydrogens is 202 g/mol. The lowest BCUT2D eigenvalue weighted by molar-refractivity contribution is -0.0440. The van der Waals surface area contributed by atoms with Gasteiger partial charge in [0.2, 0.25) is 0 Å². The number of rotatable bonds is 3. The summed E-state index contributed by atoms with van der Waals surface area (Å²) < 4.78 is 11.6. The van der Waals surface area contributed by atoms with Crippen molar-refractivity contribution < 1.29 is 9.47 Å². The molecule has 0 aliphatic carbocycles. The molecule has 3 unspecified atom stereocenters. The Bertz CT molecular complexity index is 230. The first-order chi connectivity index (χ1) is 7.61. The lowest BCUT2D eigenvalue weighted by Gasteiger charge is -2.33. The minimum Gasteiger partial charge on any atom is -0.381 e. The maximum Gasteiger partial charge on any atom is 0.0631 e. The molecule has 0 aromatic carbocycles. The molecule has 3 atom stereocenters. The minimum absolute atomic E-state index is 0.0926. The fraction of sp³-hybridized carbons (Fsp3) is 1.00. The van der Waals surface area contributed by atoms with Crippen LogP contribution >= 0.6 is 0 Å². The van der Waals surface area contributed by atoms with Crippen molar-refractivity contribution in [2.45, 2.75) is 57.3 Å². The van der Waals surface area contributed by atoms with Crippen molar-refractivity contribution in [3.63, 3.8) is 0 Å². The van der Waals surface area contributed by atoms with Crippen molar-refractivity contribution in [2.75, 3.05) is 20.3 Å². The van der Waals surface area contributed by atoms with E-state index in [4.69, 9.17) is 9.47 Å². The summed E-state index contributed by atoms with van der Waals surface area (Å²) in [6, 6.07) is 0.612. The van der Waals surface area contributed by atoms with E-state index in [1.165, 1.54) is 12.8 Å². The highest BCUT2D eigenvalue weighted by Gasteiger charge is 2.35. The molecule has 0 spiro atoms. The topological polar surface area (TPSA) is 30.5 Å². The number of nitrogens with one attached hydrogen (secondary N) is 1. The summed E-state index contributed by atoms with van der Waals surface area (Å²) in [5.74, 6) is 0.623. The van der Waals surface area contributed by atoms with Crippen LogP contribution in [0, 0.1) is 5.92 Å². The van der Waals surface area contributed by atoms with E-state index in [-0.39, 0.29) is 5.60 Å². The second kappa shape index (κ2) is 5.03. The molecule has 94 valence electrons. The van der Waals surface area contributed by atoms with E-state index in [2.05, 4.69) is 26.2 Å². The molecule has 3 heteroatoms. The van der Waals surface area contributed by atoms with Crippen LogP contribution in [-0.4, -0.2) is 38.0 Å². The summed E-state index contributed by atoms with van der Waals surface area (Å²) in [5, 5.41) is 3.41. The molecule has 16 heavy (non-hydrogen) atoms. The molecular formula is C13H25NO2. The molecule has 0 saturated carbocycles. The fourth-order valence-corrected chi connectivity index (χ4v) is 2.99. The summed E-state index contributed by atoms with van der Waals surface area (Å²) in [6.45, 7) is 6.19. The summed E-state index contributed by atoms with van der Waals surface area (Å²) >= 11 is 0. The first-order valence-electron chi connectivity index (χ1n) is 6.53. The van der Waals surface area contributed by atoms with Gasteiger partial charge in [0.15, 0.2) is 0 Å². The maximum atomic E-state index is 6.06. The third-order valence-electron chi connectivity index (χ3n) is 3.96. The third-order valence-corrected chi connectivity index (χ3v) is 3.96. The molecule has 2 aliphatic rings. The smallest absolute Gasteiger partial charge is 0.0631 e. The van der Waals surface area contributed by atoms with Crippen molar-refractivity contribution in [2.24, 2.45) is 5.92 Å². The quantitative estimate of drug-likeness (QED) is 0.799. The number of hydrogen-bond donors (Lipinski definition) is 1. The molecule has 0 radical (unpaired) electrons. The molecule has 0 aromatic heterocycles. The first-order valence-corrected chi connectivity index (χ1v) is 6.53. The van der Waals surface area contributed by atoms with Crippen LogP contribution in [0.25, 0.3) is 0 Å². The van der Waals surface area contributed by atoms with Gasteiger partial charge in [0, 0.05) is 18.6 Å². The molecule has 2 aliphatic heterocycles. The predicted molar refractivity (Wildman–Crippen MR) is 64.6 cm³/mol. The highest BCUT2D eigenvalue weighted by atomic mass is 16.5. The minimum atomic E-state index is 0.0926. The lowest BCUT2D eigenvalue weighted by atomic mass is 9.89. The standard InChI is InChI=1S/C13H25NO2/c1-13(2)6-4-11(16-13)8-10-9-15-7-5-12(10)14-3/h10-12,14H,4-9H2,1-3H3. The zero-order valence-electron chi connectivity index (χ0n) is 10.8. The molecule has 0 aromatic rings. The molecule has 0 bridgehead atoms. The van der Waals surface area contributed by atoms with E-state index in [0.29, 0.717) is 18.1 Å². The predicted octanol–water partition coefficient (Wildman–Crippen LogP) is 1.96. The normalized spacial score (nSPS) is 38.8. The van der Waals surface area contributed by atoms with Crippen LogP contribution in [0.1, 0.15) is 39.5 Å². The van der Waals surface area contributed by atoms with Crippen molar-refractivity contribution in [3.05, 3.63) is 0 Å². The molecule has 2 saturated heterocycles. The Balaban J connectivity index is 1.84. The van der Waals surface area contributed by atoms with E-state index >= 15 is 0 Å². The van der Waals surface area contributed by atoms with Gasteiger partial charge in [-0.05, 0) is 46.6 Å². The van der Waals surface area contributed by atoms with Gasteiger partial charge in [0.1, 0.15) is 0 Å². The van der Waals surface area contributed by atoms with Crippen molar-refractivity contribution in [3.8, 4) is 0 Å².